The average molecular weight is 377 g/mol. The molecule has 0 fully saturated rings. The van der Waals surface area contributed by atoms with Gasteiger partial charge in [0.2, 0.25) is 0 Å². The molecule has 0 spiro atoms. The maximum absolute atomic E-state index is 12.4. The van der Waals surface area contributed by atoms with Gasteiger partial charge in [0.1, 0.15) is 5.75 Å². The highest BCUT2D eigenvalue weighted by molar-refractivity contribution is 5.78. The molecule has 28 heavy (non-hydrogen) atoms. The Morgan fingerprint density at radius 2 is 1.89 bits per heavy atom. The van der Waals surface area contributed by atoms with Crippen LogP contribution in [-0.4, -0.2) is 22.1 Å². The fourth-order valence-corrected chi connectivity index (χ4v) is 3.10. The fraction of sp³-hybridized carbons (Fsp3) is 0.304. The van der Waals surface area contributed by atoms with Crippen LogP contribution in [0.1, 0.15) is 50.3 Å². The molecule has 3 aromatic rings. The van der Waals surface area contributed by atoms with Gasteiger partial charge in [0, 0.05) is 18.1 Å². The smallest absolute Gasteiger partial charge is 0.258 e. The summed E-state index contributed by atoms with van der Waals surface area (Å²) in [6.45, 7) is 6.29. The minimum atomic E-state index is -0.134. The molecule has 0 radical (unpaired) electrons. The van der Waals surface area contributed by atoms with Gasteiger partial charge in [-0.1, -0.05) is 44.2 Å². The molecule has 146 valence electrons. The molecular formula is C23H27N3O2. The minimum Gasteiger partial charge on any atom is -0.483 e. The van der Waals surface area contributed by atoms with Crippen LogP contribution in [0.2, 0.25) is 0 Å². The van der Waals surface area contributed by atoms with Crippen LogP contribution in [0.5, 0.6) is 5.75 Å². The lowest BCUT2D eigenvalue weighted by Gasteiger charge is -2.17. The van der Waals surface area contributed by atoms with Gasteiger partial charge in [0.25, 0.3) is 5.91 Å². The van der Waals surface area contributed by atoms with E-state index in [0.29, 0.717) is 5.92 Å². The lowest BCUT2D eigenvalue weighted by atomic mass is 9.98. The average Bonchev–Trinajstić information content (AvgIpc) is 3.27. The van der Waals surface area contributed by atoms with E-state index < -0.39 is 0 Å². The quantitative estimate of drug-likeness (QED) is 0.622. The molecule has 2 aromatic carbocycles. The number of benzene rings is 2. The number of rotatable bonds is 8. The summed E-state index contributed by atoms with van der Waals surface area (Å²) >= 11 is 0. The lowest BCUT2D eigenvalue weighted by molar-refractivity contribution is -0.123. The van der Waals surface area contributed by atoms with Gasteiger partial charge in [-0.05, 0) is 48.6 Å². The summed E-state index contributed by atoms with van der Waals surface area (Å²) in [7, 11) is 0. The summed E-state index contributed by atoms with van der Waals surface area (Å²) < 4.78 is 7.74. The van der Waals surface area contributed by atoms with E-state index in [1.807, 2.05) is 60.2 Å². The molecule has 1 amide bonds. The van der Waals surface area contributed by atoms with Crippen LogP contribution < -0.4 is 10.1 Å². The summed E-state index contributed by atoms with van der Waals surface area (Å²) in [5.41, 5.74) is 3.21. The normalized spacial score (nSPS) is 13.0. The largest absolute Gasteiger partial charge is 0.483 e. The maximum Gasteiger partial charge on any atom is 0.258 e. The molecule has 5 heteroatoms. The molecule has 2 unspecified atom stereocenters. The Morgan fingerprint density at radius 1 is 1.14 bits per heavy atom. The van der Waals surface area contributed by atoms with E-state index in [1.54, 1.807) is 12.5 Å². The van der Waals surface area contributed by atoms with E-state index in [9.17, 15) is 4.79 Å². The molecule has 0 aliphatic heterocycles. The maximum atomic E-state index is 12.4. The van der Waals surface area contributed by atoms with Gasteiger partial charge in [0.05, 0.1) is 12.4 Å². The topological polar surface area (TPSA) is 56.1 Å². The molecule has 3 rings (SSSR count). The molecular weight excluding hydrogens is 350 g/mol. The molecule has 0 saturated carbocycles. The number of carbonyl (C=O) groups is 1. The fourth-order valence-electron chi connectivity index (χ4n) is 3.10. The molecule has 5 nitrogen and oxygen atoms in total. The van der Waals surface area contributed by atoms with Gasteiger partial charge in [0.15, 0.2) is 6.61 Å². The molecule has 1 aromatic heterocycles. The van der Waals surface area contributed by atoms with E-state index in [0.717, 1.165) is 29.0 Å². The van der Waals surface area contributed by atoms with Crippen molar-refractivity contribution in [2.24, 2.45) is 0 Å². The third-order valence-corrected chi connectivity index (χ3v) is 4.99. The van der Waals surface area contributed by atoms with Gasteiger partial charge >= 0.3 is 0 Å². The Labute approximate surface area is 166 Å². The van der Waals surface area contributed by atoms with Crippen LogP contribution in [0.3, 0.4) is 0 Å². The number of carbonyl (C=O) groups excluding carboxylic acids is 1. The highest BCUT2D eigenvalue weighted by atomic mass is 16.5. The van der Waals surface area contributed by atoms with Crippen LogP contribution >= 0.6 is 0 Å². The SMILES string of the molecule is CCC(C)c1ccccc1OCC(=O)NC(C)c1ccc(-n2ccnc2)cc1. The summed E-state index contributed by atoms with van der Waals surface area (Å²) in [6, 6.07) is 15.9. The second-order valence-corrected chi connectivity index (χ2v) is 6.99. The van der Waals surface area contributed by atoms with E-state index in [-0.39, 0.29) is 18.6 Å². The predicted octanol–water partition coefficient (Wildman–Crippen LogP) is 4.64. The Bertz CT molecular complexity index is 888. The van der Waals surface area contributed by atoms with Crippen molar-refractivity contribution in [1.82, 2.24) is 14.9 Å². The number of hydrogen-bond donors (Lipinski definition) is 1. The second-order valence-electron chi connectivity index (χ2n) is 6.99. The monoisotopic (exact) mass is 377 g/mol. The summed E-state index contributed by atoms with van der Waals surface area (Å²) in [5, 5.41) is 3.00. The number of para-hydroxylation sites is 1. The Kier molecular flexibility index (Phi) is 6.48. The van der Waals surface area contributed by atoms with Crippen molar-refractivity contribution in [3.63, 3.8) is 0 Å². The number of nitrogens with zero attached hydrogens (tertiary/aromatic N) is 2. The standard InChI is InChI=1S/C23H27N3O2/c1-4-17(2)21-7-5-6-8-22(21)28-15-23(27)25-18(3)19-9-11-20(12-10-19)26-14-13-24-16-26/h5-14,16-18H,4,15H2,1-3H3,(H,25,27). The van der Waals surface area contributed by atoms with Gasteiger partial charge in [-0.2, -0.15) is 0 Å². The minimum absolute atomic E-state index is 0.00487. The van der Waals surface area contributed by atoms with Crippen molar-refractivity contribution in [3.8, 4) is 11.4 Å². The summed E-state index contributed by atoms with van der Waals surface area (Å²) in [5.74, 6) is 1.04. The van der Waals surface area contributed by atoms with Gasteiger partial charge in [-0.3, -0.25) is 4.79 Å². The Hall–Kier alpha value is -3.08. The van der Waals surface area contributed by atoms with E-state index in [4.69, 9.17) is 4.74 Å². The van der Waals surface area contributed by atoms with Crippen molar-refractivity contribution in [2.45, 2.75) is 39.2 Å². The first kappa shape index (κ1) is 19.7. The van der Waals surface area contributed by atoms with Crippen LogP contribution in [0.15, 0.2) is 67.3 Å². The van der Waals surface area contributed by atoms with E-state index in [2.05, 4.69) is 30.2 Å². The van der Waals surface area contributed by atoms with E-state index in [1.165, 1.54) is 0 Å². The Morgan fingerprint density at radius 3 is 2.57 bits per heavy atom. The molecule has 1 N–H and O–H groups in total. The summed E-state index contributed by atoms with van der Waals surface area (Å²) in [6.07, 6.45) is 6.43. The zero-order valence-corrected chi connectivity index (χ0v) is 16.6. The highest BCUT2D eigenvalue weighted by Crippen LogP contribution is 2.28. The molecule has 0 saturated heterocycles. The first-order valence-electron chi connectivity index (χ1n) is 9.68. The van der Waals surface area contributed by atoms with Crippen LogP contribution in [0.4, 0.5) is 0 Å². The lowest BCUT2D eigenvalue weighted by Crippen LogP contribution is -2.31. The van der Waals surface area contributed by atoms with Crippen LogP contribution in [-0.2, 0) is 4.79 Å². The van der Waals surface area contributed by atoms with E-state index >= 15 is 0 Å². The first-order chi connectivity index (χ1) is 13.6. The number of aromatic nitrogens is 2. The number of hydrogen-bond acceptors (Lipinski definition) is 3. The van der Waals surface area contributed by atoms with Crippen molar-refractivity contribution in [1.29, 1.82) is 0 Å². The van der Waals surface area contributed by atoms with Crippen molar-refractivity contribution >= 4 is 5.91 Å². The van der Waals surface area contributed by atoms with Gasteiger partial charge in [-0.25, -0.2) is 4.98 Å². The van der Waals surface area contributed by atoms with Gasteiger partial charge < -0.3 is 14.6 Å². The van der Waals surface area contributed by atoms with Crippen LogP contribution in [0, 0.1) is 0 Å². The summed E-state index contributed by atoms with van der Waals surface area (Å²) in [4.78, 5) is 16.4. The highest BCUT2D eigenvalue weighted by Gasteiger charge is 2.13. The van der Waals surface area contributed by atoms with Gasteiger partial charge in [-0.15, -0.1) is 0 Å². The van der Waals surface area contributed by atoms with Crippen LogP contribution in [0.25, 0.3) is 5.69 Å². The zero-order chi connectivity index (χ0) is 19.9. The second kappa shape index (κ2) is 9.22. The van der Waals surface area contributed by atoms with Crippen molar-refractivity contribution < 1.29 is 9.53 Å². The molecule has 0 bridgehead atoms. The third kappa shape index (κ3) is 4.80. The third-order valence-electron chi connectivity index (χ3n) is 4.99. The number of imidazole rings is 1. The van der Waals surface area contributed by atoms with Crippen molar-refractivity contribution in [3.05, 3.63) is 78.4 Å². The number of amides is 1. The molecule has 0 aliphatic rings. The Balaban J connectivity index is 1.56. The molecule has 0 aliphatic carbocycles. The zero-order valence-electron chi connectivity index (χ0n) is 16.6. The van der Waals surface area contributed by atoms with Crippen molar-refractivity contribution in [2.75, 3.05) is 6.61 Å². The molecule has 2 atom stereocenters. The number of ether oxygens (including phenoxy) is 1. The predicted molar refractivity (Wildman–Crippen MR) is 111 cm³/mol. The molecule has 1 heterocycles. The number of nitrogens with one attached hydrogen (secondary N) is 1. The first-order valence-corrected chi connectivity index (χ1v) is 9.68.